The lowest BCUT2D eigenvalue weighted by Gasteiger charge is -2.11. The van der Waals surface area contributed by atoms with E-state index < -0.39 is 6.10 Å². The van der Waals surface area contributed by atoms with Crippen LogP contribution in [-0.4, -0.2) is 48.1 Å². The van der Waals surface area contributed by atoms with E-state index in [1.165, 1.54) is 6.33 Å². The van der Waals surface area contributed by atoms with Crippen molar-refractivity contribution >= 4 is 11.0 Å². The molecule has 0 aliphatic heterocycles. The summed E-state index contributed by atoms with van der Waals surface area (Å²) in [6.07, 6.45) is 4.34. The van der Waals surface area contributed by atoms with Crippen LogP contribution < -0.4 is 5.32 Å². The fourth-order valence-electron chi connectivity index (χ4n) is 2.84. The zero-order chi connectivity index (χ0) is 17.9. The summed E-state index contributed by atoms with van der Waals surface area (Å²) in [5.41, 5.74) is 3.30. The van der Waals surface area contributed by atoms with Gasteiger partial charge in [-0.05, 0) is 24.7 Å². The number of fused-ring (bicyclic) bond motifs is 1. The standard InChI is InChI=1S/C18H19N7O/c1-2-19-10-16(26)13-6-14-9-23-25(18(14)20-8-13)15-5-3-4-12(7-15)17-21-11-22-24-17/h3-9,11,16,19,26H,2,10H2,1H3,(H,21,22,24). The van der Waals surface area contributed by atoms with Gasteiger partial charge in [-0.3, -0.25) is 5.10 Å². The first kappa shape index (κ1) is 16.4. The number of nitrogens with zero attached hydrogens (tertiary/aromatic N) is 5. The molecular formula is C18H19N7O. The number of likely N-dealkylation sites (N-methyl/N-ethyl adjacent to an activating group) is 1. The molecule has 4 rings (SSSR count). The van der Waals surface area contributed by atoms with Crippen molar-refractivity contribution in [3.05, 3.63) is 54.6 Å². The number of aliphatic hydroxyl groups is 1. The fourth-order valence-corrected chi connectivity index (χ4v) is 2.84. The first-order valence-corrected chi connectivity index (χ1v) is 8.45. The van der Waals surface area contributed by atoms with Crippen LogP contribution in [0.2, 0.25) is 0 Å². The van der Waals surface area contributed by atoms with Gasteiger partial charge in [-0.1, -0.05) is 19.1 Å². The minimum atomic E-state index is -0.593. The molecule has 0 radical (unpaired) electrons. The van der Waals surface area contributed by atoms with Crippen molar-refractivity contribution < 1.29 is 5.11 Å². The molecular weight excluding hydrogens is 330 g/mol. The van der Waals surface area contributed by atoms with E-state index in [1.54, 1.807) is 17.1 Å². The van der Waals surface area contributed by atoms with Gasteiger partial charge in [-0.15, -0.1) is 0 Å². The molecule has 0 saturated carbocycles. The molecule has 3 N–H and O–H groups in total. The number of hydrogen-bond donors (Lipinski definition) is 3. The lowest BCUT2D eigenvalue weighted by molar-refractivity contribution is 0.175. The van der Waals surface area contributed by atoms with Gasteiger partial charge in [0.05, 0.1) is 18.0 Å². The highest BCUT2D eigenvalue weighted by atomic mass is 16.3. The van der Waals surface area contributed by atoms with Crippen molar-refractivity contribution in [3.8, 4) is 17.1 Å². The quantitative estimate of drug-likeness (QED) is 0.491. The van der Waals surface area contributed by atoms with Gasteiger partial charge in [0.1, 0.15) is 6.33 Å². The molecule has 1 aromatic carbocycles. The van der Waals surface area contributed by atoms with Crippen molar-refractivity contribution in [2.24, 2.45) is 0 Å². The largest absolute Gasteiger partial charge is 0.387 e. The van der Waals surface area contributed by atoms with E-state index in [0.29, 0.717) is 12.4 Å². The molecule has 8 nitrogen and oxygen atoms in total. The predicted octanol–water partition coefficient (Wildman–Crippen LogP) is 1.85. The zero-order valence-corrected chi connectivity index (χ0v) is 14.3. The van der Waals surface area contributed by atoms with Crippen LogP contribution in [0.4, 0.5) is 0 Å². The molecule has 0 spiro atoms. The maximum Gasteiger partial charge on any atom is 0.162 e. The van der Waals surface area contributed by atoms with Gasteiger partial charge in [-0.2, -0.15) is 10.2 Å². The summed E-state index contributed by atoms with van der Waals surface area (Å²) in [7, 11) is 0. The summed E-state index contributed by atoms with van der Waals surface area (Å²) in [5.74, 6) is 0.699. The molecule has 1 unspecified atom stereocenters. The number of aromatic nitrogens is 6. The third-order valence-corrected chi connectivity index (χ3v) is 4.18. The monoisotopic (exact) mass is 349 g/mol. The molecule has 8 heteroatoms. The molecule has 0 aliphatic rings. The molecule has 3 aromatic heterocycles. The van der Waals surface area contributed by atoms with Gasteiger partial charge in [0.2, 0.25) is 0 Å². The third kappa shape index (κ3) is 3.07. The highest BCUT2D eigenvalue weighted by Crippen LogP contribution is 2.23. The second kappa shape index (κ2) is 7.03. The molecule has 132 valence electrons. The third-order valence-electron chi connectivity index (χ3n) is 4.18. The average molecular weight is 349 g/mol. The van der Waals surface area contributed by atoms with E-state index in [9.17, 15) is 5.11 Å². The highest BCUT2D eigenvalue weighted by Gasteiger charge is 2.12. The Labute approximate surface area is 149 Å². The Hall–Kier alpha value is -3.10. The van der Waals surface area contributed by atoms with Crippen molar-refractivity contribution in [1.29, 1.82) is 0 Å². The Morgan fingerprint density at radius 1 is 1.23 bits per heavy atom. The van der Waals surface area contributed by atoms with Crippen molar-refractivity contribution in [3.63, 3.8) is 0 Å². The number of aliphatic hydroxyl groups excluding tert-OH is 1. The van der Waals surface area contributed by atoms with E-state index >= 15 is 0 Å². The first-order chi connectivity index (χ1) is 12.8. The Bertz CT molecular complexity index is 1010. The molecule has 4 aromatic rings. The minimum absolute atomic E-state index is 0.497. The van der Waals surface area contributed by atoms with Crippen LogP contribution in [0.15, 0.2) is 49.1 Å². The molecule has 26 heavy (non-hydrogen) atoms. The van der Waals surface area contributed by atoms with Gasteiger partial charge in [0, 0.05) is 29.3 Å². The SMILES string of the molecule is CCNCC(O)c1cnc2c(cnn2-c2cccc(-c3ncn[nH]3)c2)c1. The molecule has 1 atom stereocenters. The normalized spacial score (nSPS) is 12.5. The van der Waals surface area contributed by atoms with Gasteiger partial charge in [0.25, 0.3) is 0 Å². The highest BCUT2D eigenvalue weighted by molar-refractivity contribution is 5.77. The first-order valence-electron chi connectivity index (χ1n) is 8.45. The Balaban J connectivity index is 1.69. The van der Waals surface area contributed by atoms with Crippen molar-refractivity contribution in [2.75, 3.05) is 13.1 Å². The van der Waals surface area contributed by atoms with E-state index in [2.05, 4.69) is 30.6 Å². The van der Waals surface area contributed by atoms with Crippen LogP contribution >= 0.6 is 0 Å². The lowest BCUT2D eigenvalue weighted by atomic mass is 10.1. The number of rotatable bonds is 6. The molecule has 0 amide bonds. The number of benzene rings is 1. The van der Waals surface area contributed by atoms with Crippen LogP contribution in [0.5, 0.6) is 0 Å². The summed E-state index contributed by atoms with van der Waals surface area (Å²) in [4.78, 5) is 8.70. The van der Waals surface area contributed by atoms with Crippen molar-refractivity contribution in [1.82, 2.24) is 35.3 Å². The van der Waals surface area contributed by atoms with Crippen LogP contribution in [0.25, 0.3) is 28.1 Å². The second-order valence-corrected chi connectivity index (χ2v) is 5.95. The lowest BCUT2D eigenvalue weighted by Crippen LogP contribution is -2.20. The molecule has 3 heterocycles. The summed E-state index contributed by atoms with van der Waals surface area (Å²) in [5, 5.41) is 25.5. The summed E-state index contributed by atoms with van der Waals surface area (Å²) in [6, 6.07) is 9.76. The van der Waals surface area contributed by atoms with E-state index in [0.717, 1.165) is 34.4 Å². The summed E-state index contributed by atoms with van der Waals surface area (Å²) in [6.45, 7) is 3.31. The number of hydrogen-bond acceptors (Lipinski definition) is 6. The van der Waals surface area contributed by atoms with Crippen LogP contribution in [-0.2, 0) is 0 Å². The van der Waals surface area contributed by atoms with Gasteiger partial charge in [-0.25, -0.2) is 14.6 Å². The number of aromatic amines is 1. The van der Waals surface area contributed by atoms with Crippen molar-refractivity contribution in [2.45, 2.75) is 13.0 Å². The van der Waals surface area contributed by atoms with E-state index in [-0.39, 0.29) is 0 Å². The van der Waals surface area contributed by atoms with E-state index in [1.807, 2.05) is 37.3 Å². The fraction of sp³-hybridized carbons (Fsp3) is 0.222. The molecule has 0 aliphatic carbocycles. The van der Waals surface area contributed by atoms with Crippen LogP contribution in [0.3, 0.4) is 0 Å². The van der Waals surface area contributed by atoms with Crippen LogP contribution in [0.1, 0.15) is 18.6 Å². The average Bonchev–Trinajstić information content (AvgIpc) is 3.35. The maximum atomic E-state index is 10.2. The van der Waals surface area contributed by atoms with Crippen LogP contribution in [0, 0.1) is 0 Å². The van der Waals surface area contributed by atoms with Gasteiger partial charge < -0.3 is 10.4 Å². The number of H-pyrrole nitrogens is 1. The van der Waals surface area contributed by atoms with E-state index in [4.69, 9.17) is 0 Å². The topological polar surface area (TPSA) is 105 Å². The Kier molecular flexibility index (Phi) is 4.42. The Morgan fingerprint density at radius 3 is 2.96 bits per heavy atom. The molecule has 0 bridgehead atoms. The molecule has 0 saturated heterocycles. The van der Waals surface area contributed by atoms with Gasteiger partial charge in [0.15, 0.2) is 11.5 Å². The Morgan fingerprint density at radius 2 is 2.15 bits per heavy atom. The number of nitrogens with one attached hydrogen (secondary N) is 2. The predicted molar refractivity (Wildman–Crippen MR) is 97.7 cm³/mol. The maximum absolute atomic E-state index is 10.2. The summed E-state index contributed by atoms with van der Waals surface area (Å²) >= 11 is 0. The number of pyridine rings is 1. The summed E-state index contributed by atoms with van der Waals surface area (Å²) < 4.78 is 1.77. The minimum Gasteiger partial charge on any atom is -0.387 e. The zero-order valence-electron chi connectivity index (χ0n) is 14.3. The molecule has 0 fully saturated rings. The van der Waals surface area contributed by atoms with Gasteiger partial charge >= 0.3 is 0 Å². The smallest absolute Gasteiger partial charge is 0.162 e. The second-order valence-electron chi connectivity index (χ2n) is 5.95.